The quantitative estimate of drug-likeness (QED) is 0.593. The zero-order valence-corrected chi connectivity index (χ0v) is 7.63. The normalized spacial score (nSPS) is 43.2. The Kier molecular flexibility index (Phi) is 2.51. The Hall–Kier alpha value is -0.600. The molecule has 3 unspecified atom stereocenters. The van der Waals surface area contributed by atoms with E-state index >= 15 is 0 Å². The molecular formula is C11H16O2. The highest BCUT2D eigenvalue weighted by Gasteiger charge is 2.34. The van der Waals surface area contributed by atoms with Crippen molar-refractivity contribution in [1.29, 1.82) is 0 Å². The van der Waals surface area contributed by atoms with Crippen LogP contribution >= 0.6 is 0 Å². The molecule has 2 aliphatic rings. The van der Waals surface area contributed by atoms with Crippen LogP contribution in [0.4, 0.5) is 0 Å². The van der Waals surface area contributed by atoms with Gasteiger partial charge in [0.2, 0.25) is 0 Å². The standard InChI is InChI=1S/C11H16O2/c12-7-8-5-6-11(13)10-4-2-1-3-9(8)10/h1,3,5-6,8-13H,2,4,7H2/t8?,9?,10-,11?/m0/s1. The van der Waals surface area contributed by atoms with E-state index in [0.717, 1.165) is 12.8 Å². The zero-order valence-electron chi connectivity index (χ0n) is 7.63. The van der Waals surface area contributed by atoms with Crippen molar-refractivity contribution < 1.29 is 10.2 Å². The summed E-state index contributed by atoms with van der Waals surface area (Å²) in [7, 11) is 0. The van der Waals surface area contributed by atoms with Gasteiger partial charge in [0.1, 0.15) is 0 Å². The van der Waals surface area contributed by atoms with Gasteiger partial charge in [-0.3, -0.25) is 0 Å². The number of rotatable bonds is 1. The smallest absolute Gasteiger partial charge is 0.0755 e. The van der Waals surface area contributed by atoms with Crippen molar-refractivity contribution in [2.75, 3.05) is 6.61 Å². The second-order valence-corrected chi connectivity index (χ2v) is 3.97. The third-order valence-electron chi connectivity index (χ3n) is 3.22. The molecule has 0 spiro atoms. The molecule has 0 radical (unpaired) electrons. The molecule has 0 aliphatic heterocycles. The lowest BCUT2D eigenvalue weighted by Gasteiger charge is -2.37. The second kappa shape index (κ2) is 3.64. The summed E-state index contributed by atoms with van der Waals surface area (Å²) < 4.78 is 0. The van der Waals surface area contributed by atoms with Crippen molar-refractivity contribution in [3.05, 3.63) is 24.3 Å². The molecule has 0 amide bonds. The molecule has 0 fully saturated rings. The average molecular weight is 180 g/mol. The van der Waals surface area contributed by atoms with Crippen LogP contribution in [0.2, 0.25) is 0 Å². The monoisotopic (exact) mass is 180 g/mol. The summed E-state index contributed by atoms with van der Waals surface area (Å²) >= 11 is 0. The van der Waals surface area contributed by atoms with Gasteiger partial charge in [0.15, 0.2) is 0 Å². The Balaban J connectivity index is 2.21. The lowest BCUT2D eigenvalue weighted by molar-refractivity contribution is 0.0736. The maximum atomic E-state index is 9.72. The van der Waals surface area contributed by atoms with Gasteiger partial charge in [-0.05, 0) is 24.7 Å². The van der Waals surface area contributed by atoms with Crippen LogP contribution in [0, 0.1) is 17.8 Å². The molecule has 2 rings (SSSR count). The highest BCUT2D eigenvalue weighted by Crippen LogP contribution is 2.37. The minimum atomic E-state index is -0.308. The van der Waals surface area contributed by atoms with E-state index in [2.05, 4.69) is 12.2 Å². The summed E-state index contributed by atoms with van der Waals surface area (Å²) in [6.45, 7) is 0.189. The summed E-state index contributed by atoms with van der Waals surface area (Å²) in [5, 5.41) is 18.9. The summed E-state index contributed by atoms with van der Waals surface area (Å²) in [6, 6.07) is 0. The fourth-order valence-electron chi connectivity index (χ4n) is 2.45. The SMILES string of the molecule is OCC1C=CC(O)[C@H]2CCC=CC12. The summed E-state index contributed by atoms with van der Waals surface area (Å²) in [5.41, 5.74) is 0. The Morgan fingerprint density at radius 1 is 1.23 bits per heavy atom. The third-order valence-corrected chi connectivity index (χ3v) is 3.22. The lowest BCUT2D eigenvalue weighted by atomic mass is 9.70. The molecule has 72 valence electrons. The Morgan fingerprint density at radius 3 is 2.85 bits per heavy atom. The summed E-state index contributed by atoms with van der Waals surface area (Å²) in [6.07, 6.45) is 9.89. The van der Waals surface area contributed by atoms with E-state index in [1.54, 1.807) is 0 Å². The Morgan fingerprint density at radius 2 is 2.08 bits per heavy atom. The maximum Gasteiger partial charge on any atom is 0.0755 e. The molecule has 13 heavy (non-hydrogen) atoms. The molecular weight excluding hydrogens is 164 g/mol. The van der Waals surface area contributed by atoms with Gasteiger partial charge in [-0.1, -0.05) is 24.3 Å². The largest absolute Gasteiger partial charge is 0.396 e. The van der Waals surface area contributed by atoms with E-state index in [4.69, 9.17) is 5.11 Å². The average Bonchev–Trinajstić information content (AvgIpc) is 2.19. The van der Waals surface area contributed by atoms with Gasteiger partial charge < -0.3 is 10.2 Å². The fourth-order valence-corrected chi connectivity index (χ4v) is 2.45. The van der Waals surface area contributed by atoms with Gasteiger partial charge in [0.05, 0.1) is 6.10 Å². The summed E-state index contributed by atoms with van der Waals surface area (Å²) in [5.74, 6) is 0.885. The molecule has 0 aromatic rings. The van der Waals surface area contributed by atoms with E-state index < -0.39 is 0 Å². The van der Waals surface area contributed by atoms with Crippen LogP contribution in [0.1, 0.15) is 12.8 Å². The number of aliphatic hydroxyl groups is 2. The molecule has 2 heteroatoms. The van der Waals surface area contributed by atoms with Crippen molar-refractivity contribution in [1.82, 2.24) is 0 Å². The molecule has 4 atom stereocenters. The van der Waals surface area contributed by atoms with Crippen LogP contribution in [0.5, 0.6) is 0 Å². The van der Waals surface area contributed by atoms with E-state index in [0.29, 0.717) is 11.8 Å². The number of fused-ring (bicyclic) bond motifs is 1. The summed E-state index contributed by atoms with van der Waals surface area (Å²) in [4.78, 5) is 0. The minimum Gasteiger partial charge on any atom is -0.396 e. The van der Waals surface area contributed by atoms with Crippen molar-refractivity contribution in [2.24, 2.45) is 17.8 Å². The molecule has 0 saturated carbocycles. The first-order valence-electron chi connectivity index (χ1n) is 4.97. The van der Waals surface area contributed by atoms with Gasteiger partial charge in [0.25, 0.3) is 0 Å². The first-order chi connectivity index (χ1) is 6.33. The molecule has 2 nitrogen and oxygen atoms in total. The third kappa shape index (κ3) is 1.56. The Labute approximate surface area is 78.6 Å². The molecule has 0 saturated heterocycles. The second-order valence-electron chi connectivity index (χ2n) is 3.97. The fraction of sp³-hybridized carbons (Fsp3) is 0.636. The van der Waals surface area contributed by atoms with Crippen molar-refractivity contribution in [3.63, 3.8) is 0 Å². The number of hydrogen-bond acceptors (Lipinski definition) is 2. The van der Waals surface area contributed by atoms with Crippen molar-refractivity contribution in [2.45, 2.75) is 18.9 Å². The van der Waals surface area contributed by atoms with E-state index in [9.17, 15) is 5.11 Å². The highest BCUT2D eigenvalue weighted by atomic mass is 16.3. The van der Waals surface area contributed by atoms with Crippen LogP contribution in [-0.4, -0.2) is 22.9 Å². The van der Waals surface area contributed by atoms with Crippen LogP contribution in [0.25, 0.3) is 0 Å². The van der Waals surface area contributed by atoms with Gasteiger partial charge >= 0.3 is 0 Å². The van der Waals surface area contributed by atoms with Gasteiger partial charge in [-0.15, -0.1) is 0 Å². The van der Waals surface area contributed by atoms with Crippen LogP contribution in [0.15, 0.2) is 24.3 Å². The maximum absolute atomic E-state index is 9.72. The predicted octanol–water partition coefficient (Wildman–Crippen LogP) is 1.11. The van der Waals surface area contributed by atoms with E-state index in [-0.39, 0.29) is 18.6 Å². The minimum absolute atomic E-state index is 0.189. The van der Waals surface area contributed by atoms with Crippen LogP contribution < -0.4 is 0 Å². The van der Waals surface area contributed by atoms with Crippen LogP contribution in [0.3, 0.4) is 0 Å². The van der Waals surface area contributed by atoms with Gasteiger partial charge in [-0.2, -0.15) is 0 Å². The molecule has 2 N–H and O–H groups in total. The number of aliphatic hydroxyl groups excluding tert-OH is 2. The van der Waals surface area contributed by atoms with Crippen molar-refractivity contribution in [3.8, 4) is 0 Å². The molecule has 0 bridgehead atoms. The Bertz CT molecular complexity index is 232. The first kappa shape index (κ1) is 8.97. The van der Waals surface area contributed by atoms with Crippen molar-refractivity contribution >= 4 is 0 Å². The molecule has 0 heterocycles. The topological polar surface area (TPSA) is 40.5 Å². The molecule has 2 aliphatic carbocycles. The first-order valence-corrected chi connectivity index (χ1v) is 4.97. The predicted molar refractivity (Wildman–Crippen MR) is 51.1 cm³/mol. The lowest BCUT2D eigenvalue weighted by Crippen LogP contribution is -2.36. The van der Waals surface area contributed by atoms with Crippen LogP contribution in [-0.2, 0) is 0 Å². The molecule has 0 aromatic carbocycles. The molecule has 0 aromatic heterocycles. The van der Waals surface area contributed by atoms with E-state index in [1.807, 2.05) is 12.2 Å². The van der Waals surface area contributed by atoms with Gasteiger partial charge in [-0.25, -0.2) is 0 Å². The highest BCUT2D eigenvalue weighted by molar-refractivity contribution is 5.13. The van der Waals surface area contributed by atoms with Gasteiger partial charge in [0, 0.05) is 12.5 Å². The van der Waals surface area contributed by atoms with E-state index in [1.165, 1.54) is 0 Å². The number of hydrogen-bond donors (Lipinski definition) is 2. The number of allylic oxidation sites excluding steroid dienone is 2. The zero-order chi connectivity index (χ0) is 9.26.